The molecule has 2 heterocycles. The SMILES string of the molecule is CC(C)(C)C(=O)OCC(C)(NSC(=O)Nc1c(N)cccc1CN1C=CO/C1=C1/CCCCN1)c1cccc(C(F)(F)F)c1. The molecule has 5 N–H and O–H groups in total. The van der Waals surface area contributed by atoms with Crippen LogP contribution in [0.4, 0.5) is 29.3 Å². The van der Waals surface area contributed by atoms with Gasteiger partial charge in [-0.05, 0) is 76.3 Å². The van der Waals surface area contributed by atoms with Gasteiger partial charge in [0.05, 0.1) is 40.1 Å². The number of esters is 1. The zero-order chi connectivity index (χ0) is 32.1. The first kappa shape index (κ1) is 33.1. The highest BCUT2D eigenvalue weighted by atomic mass is 32.2. The van der Waals surface area contributed by atoms with Gasteiger partial charge in [-0.1, -0.05) is 24.3 Å². The van der Waals surface area contributed by atoms with Crippen molar-refractivity contribution in [2.75, 3.05) is 24.2 Å². The molecule has 2 aromatic carbocycles. The number of para-hydroxylation sites is 1. The van der Waals surface area contributed by atoms with Crippen molar-refractivity contribution in [3.05, 3.63) is 83.2 Å². The van der Waals surface area contributed by atoms with Crippen LogP contribution >= 0.6 is 11.9 Å². The average molecular weight is 634 g/mol. The monoisotopic (exact) mass is 633 g/mol. The molecule has 1 amide bonds. The number of hydrogen-bond donors (Lipinski definition) is 4. The fourth-order valence-corrected chi connectivity index (χ4v) is 5.27. The highest BCUT2D eigenvalue weighted by molar-refractivity contribution is 8.12. The molecule has 0 aliphatic carbocycles. The van der Waals surface area contributed by atoms with Crippen molar-refractivity contribution < 1.29 is 32.2 Å². The number of anilines is 2. The van der Waals surface area contributed by atoms with Crippen LogP contribution in [0.1, 0.15) is 63.6 Å². The number of rotatable bonds is 8. The molecule has 1 unspecified atom stereocenters. The second-order valence-electron chi connectivity index (χ2n) is 11.9. The van der Waals surface area contributed by atoms with Crippen LogP contribution in [0.5, 0.6) is 0 Å². The third-order valence-corrected chi connectivity index (χ3v) is 8.02. The molecule has 44 heavy (non-hydrogen) atoms. The summed E-state index contributed by atoms with van der Waals surface area (Å²) >= 11 is 0.629. The minimum Gasteiger partial charge on any atom is -0.463 e. The van der Waals surface area contributed by atoms with Crippen molar-refractivity contribution in [1.82, 2.24) is 14.9 Å². The first-order valence-electron chi connectivity index (χ1n) is 14.2. The number of nitrogen functional groups attached to an aromatic ring is 1. The summed E-state index contributed by atoms with van der Waals surface area (Å²) in [7, 11) is 0. The summed E-state index contributed by atoms with van der Waals surface area (Å²) in [4.78, 5) is 27.7. The van der Waals surface area contributed by atoms with E-state index in [1.54, 1.807) is 46.1 Å². The van der Waals surface area contributed by atoms with Gasteiger partial charge in [0, 0.05) is 24.7 Å². The van der Waals surface area contributed by atoms with Gasteiger partial charge in [0.1, 0.15) is 12.9 Å². The number of amides is 1. The Bertz CT molecular complexity index is 1430. The van der Waals surface area contributed by atoms with Crippen LogP contribution in [0.15, 0.2) is 66.5 Å². The highest BCUT2D eigenvalue weighted by Gasteiger charge is 2.36. The number of hydrogen-bond acceptors (Lipinski definition) is 9. The quantitative estimate of drug-likeness (QED) is 0.141. The van der Waals surface area contributed by atoms with E-state index in [1.807, 2.05) is 17.2 Å². The van der Waals surface area contributed by atoms with Crippen LogP contribution in [0.3, 0.4) is 0 Å². The molecule has 2 aromatic rings. The van der Waals surface area contributed by atoms with Crippen molar-refractivity contribution in [1.29, 1.82) is 0 Å². The molecule has 1 saturated heterocycles. The Morgan fingerprint density at radius 2 is 1.82 bits per heavy atom. The van der Waals surface area contributed by atoms with E-state index < -0.39 is 33.9 Å². The Morgan fingerprint density at radius 1 is 1.09 bits per heavy atom. The molecular weight excluding hydrogens is 595 g/mol. The predicted octanol–water partition coefficient (Wildman–Crippen LogP) is 6.81. The summed E-state index contributed by atoms with van der Waals surface area (Å²) in [6.45, 7) is 7.48. The molecule has 2 aliphatic heterocycles. The van der Waals surface area contributed by atoms with Crippen LogP contribution in [0.25, 0.3) is 0 Å². The van der Waals surface area contributed by atoms with Crippen LogP contribution in [-0.4, -0.2) is 29.3 Å². The number of benzene rings is 2. The van der Waals surface area contributed by atoms with Gasteiger partial charge in [0.15, 0.2) is 0 Å². The molecular formula is C31H38F3N5O4S. The number of halogens is 3. The number of carbonyl (C=O) groups excluding carboxylic acids is 2. The van der Waals surface area contributed by atoms with Gasteiger partial charge in [-0.15, -0.1) is 0 Å². The van der Waals surface area contributed by atoms with Gasteiger partial charge in [0.2, 0.25) is 5.88 Å². The summed E-state index contributed by atoms with van der Waals surface area (Å²) < 4.78 is 54.8. The fourth-order valence-electron chi connectivity index (χ4n) is 4.62. The minimum atomic E-state index is -4.58. The van der Waals surface area contributed by atoms with Crippen LogP contribution in [0, 0.1) is 5.41 Å². The number of allylic oxidation sites excluding steroid dienone is 1. The van der Waals surface area contributed by atoms with Crippen molar-refractivity contribution >= 4 is 34.5 Å². The van der Waals surface area contributed by atoms with E-state index in [0.717, 1.165) is 49.2 Å². The van der Waals surface area contributed by atoms with E-state index >= 15 is 0 Å². The van der Waals surface area contributed by atoms with Gasteiger partial charge >= 0.3 is 12.1 Å². The lowest BCUT2D eigenvalue weighted by Crippen LogP contribution is -2.43. The van der Waals surface area contributed by atoms with Crippen molar-refractivity contribution in [3.8, 4) is 0 Å². The zero-order valence-electron chi connectivity index (χ0n) is 25.1. The summed E-state index contributed by atoms with van der Waals surface area (Å²) in [5, 5.41) is 5.65. The lowest BCUT2D eigenvalue weighted by molar-refractivity contribution is -0.155. The Hall–Kier alpha value is -3.84. The smallest absolute Gasteiger partial charge is 0.416 e. The Balaban J connectivity index is 1.52. The molecule has 2 aliphatic rings. The summed E-state index contributed by atoms with van der Waals surface area (Å²) in [6, 6.07) is 9.97. The Labute approximate surface area is 259 Å². The van der Waals surface area contributed by atoms with Crippen LogP contribution in [0.2, 0.25) is 0 Å². The number of carbonyl (C=O) groups is 2. The van der Waals surface area contributed by atoms with Gasteiger partial charge < -0.3 is 30.7 Å². The maximum Gasteiger partial charge on any atom is 0.416 e. The van der Waals surface area contributed by atoms with Crippen molar-refractivity contribution in [2.45, 2.75) is 65.2 Å². The molecule has 0 aromatic heterocycles. The second-order valence-corrected chi connectivity index (χ2v) is 12.7. The number of nitrogens with one attached hydrogen (secondary N) is 3. The summed E-state index contributed by atoms with van der Waals surface area (Å²) in [5.74, 6) is 0.161. The minimum absolute atomic E-state index is 0.187. The van der Waals surface area contributed by atoms with E-state index in [4.69, 9.17) is 15.2 Å². The zero-order valence-corrected chi connectivity index (χ0v) is 26.0. The standard InChI is InChI=1S/C31H38F3N5O4S/c1-29(2,3)27(40)43-19-30(4,21-10-8-11-22(17-21)31(32,33)34)38-44-28(41)37-25-20(9-7-12-23(25)35)18-39-15-16-42-26(39)24-13-5-6-14-36-24/h7-12,15-17,36,38H,5-6,13-14,18-19,35H2,1-4H3,(H,37,41)/b26-24-. The number of ether oxygens (including phenoxy) is 2. The van der Waals surface area contributed by atoms with Crippen molar-refractivity contribution in [3.63, 3.8) is 0 Å². The van der Waals surface area contributed by atoms with Gasteiger partial charge in [-0.3, -0.25) is 9.59 Å². The Kier molecular flexibility index (Phi) is 10.1. The number of nitrogens with zero attached hydrogens (tertiary/aromatic N) is 1. The van der Waals surface area contributed by atoms with E-state index in [-0.39, 0.29) is 12.2 Å². The summed E-state index contributed by atoms with van der Waals surface area (Å²) in [5.41, 5.74) is 5.87. The molecule has 0 radical (unpaired) electrons. The molecule has 0 saturated carbocycles. The fraction of sp³-hybridized carbons (Fsp3) is 0.419. The Morgan fingerprint density at radius 3 is 2.50 bits per heavy atom. The number of piperidine rings is 1. The molecule has 1 fully saturated rings. The summed E-state index contributed by atoms with van der Waals surface area (Å²) in [6.07, 6.45) is 1.84. The highest BCUT2D eigenvalue weighted by Crippen LogP contribution is 2.35. The maximum atomic E-state index is 13.5. The first-order valence-corrected chi connectivity index (χ1v) is 15.0. The molecule has 238 valence electrons. The molecule has 9 nitrogen and oxygen atoms in total. The van der Waals surface area contributed by atoms with Gasteiger partial charge in [0.25, 0.3) is 5.24 Å². The average Bonchev–Trinajstić information content (AvgIpc) is 3.44. The van der Waals surface area contributed by atoms with E-state index in [2.05, 4.69) is 15.4 Å². The van der Waals surface area contributed by atoms with Gasteiger partial charge in [-0.2, -0.15) is 13.2 Å². The second kappa shape index (κ2) is 13.4. The topological polar surface area (TPSA) is 118 Å². The molecule has 4 rings (SSSR count). The number of nitrogens with two attached hydrogens (primary N) is 1. The maximum absolute atomic E-state index is 13.5. The first-order chi connectivity index (χ1) is 20.7. The normalized spacial score (nSPS) is 18.3. The van der Waals surface area contributed by atoms with E-state index in [9.17, 15) is 22.8 Å². The molecule has 0 bridgehead atoms. The molecule has 1 atom stereocenters. The third-order valence-electron chi connectivity index (χ3n) is 7.18. The third kappa shape index (κ3) is 8.20. The van der Waals surface area contributed by atoms with Crippen LogP contribution in [-0.2, 0) is 32.5 Å². The van der Waals surface area contributed by atoms with Crippen LogP contribution < -0.4 is 21.1 Å². The largest absolute Gasteiger partial charge is 0.463 e. The van der Waals surface area contributed by atoms with Gasteiger partial charge in [-0.25, -0.2) is 4.72 Å². The lowest BCUT2D eigenvalue weighted by atomic mass is 9.92. The molecule has 13 heteroatoms. The van der Waals surface area contributed by atoms with E-state index in [0.29, 0.717) is 35.8 Å². The predicted molar refractivity (Wildman–Crippen MR) is 164 cm³/mol. The number of alkyl halides is 3. The van der Waals surface area contributed by atoms with E-state index in [1.165, 1.54) is 12.1 Å². The molecule has 0 spiro atoms. The lowest BCUT2D eigenvalue weighted by Gasteiger charge is -2.32. The van der Waals surface area contributed by atoms with Crippen molar-refractivity contribution in [2.24, 2.45) is 5.41 Å².